The van der Waals surface area contributed by atoms with Gasteiger partial charge in [-0.3, -0.25) is 9.78 Å². The van der Waals surface area contributed by atoms with E-state index in [0.717, 1.165) is 5.56 Å². The van der Waals surface area contributed by atoms with Crippen LogP contribution in [0.4, 0.5) is 10.2 Å². The number of anilines is 1. The Bertz CT molecular complexity index is 1170. The fourth-order valence-corrected chi connectivity index (χ4v) is 2.86. The molecule has 8 heteroatoms. The average Bonchev–Trinajstić information content (AvgIpc) is 3.07. The van der Waals surface area contributed by atoms with Crippen molar-refractivity contribution < 1.29 is 4.39 Å². The van der Waals surface area contributed by atoms with Crippen molar-refractivity contribution in [1.82, 2.24) is 24.6 Å². The summed E-state index contributed by atoms with van der Waals surface area (Å²) in [6, 6.07) is 8.23. The number of fused-ring (bicyclic) bond motifs is 1. The zero-order valence-electron chi connectivity index (χ0n) is 14.8. The van der Waals surface area contributed by atoms with Gasteiger partial charge in [-0.15, -0.1) is 5.10 Å². The number of imidazole rings is 1. The predicted molar refractivity (Wildman–Crippen MR) is 100 cm³/mol. The normalized spacial score (nSPS) is 12.3. The Morgan fingerprint density at radius 2 is 2.04 bits per heavy atom. The third-order valence-corrected chi connectivity index (χ3v) is 4.24. The Kier molecular flexibility index (Phi) is 4.15. The van der Waals surface area contributed by atoms with Gasteiger partial charge in [-0.2, -0.15) is 0 Å². The highest BCUT2D eigenvalue weighted by atomic mass is 19.1. The van der Waals surface area contributed by atoms with Crippen LogP contribution in [0.3, 0.4) is 0 Å². The lowest BCUT2D eigenvalue weighted by atomic mass is 10.2. The zero-order valence-corrected chi connectivity index (χ0v) is 14.8. The SMILES string of the molecule is Cc1c[nH]c(=O)c(-c2cnc3ccc(NC(C)c4ccc(F)cn4)nn23)c1. The number of aromatic nitrogens is 5. The van der Waals surface area contributed by atoms with Gasteiger partial charge >= 0.3 is 0 Å². The molecule has 0 saturated heterocycles. The molecule has 0 amide bonds. The Labute approximate surface area is 153 Å². The molecule has 4 aromatic heterocycles. The van der Waals surface area contributed by atoms with E-state index in [2.05, 4.69) is 25.4 Å². The first-order chi connectivity index (χ1) is 13.0. The largest absolute Gasteiger partial charge is 0.361 e. The van der Waals surface area contributed by atoms with Crippen LogP contribution in [-0.2, 0) is 0 Å². The van der Waals surface area contributed by atoms with E-state index in [4.69, 9.17) is 0 Å². The van der Waals surface area contributed by atoms with E-state index in [9.17, 15) is 9.18 Å². The van der Waals surface area contributed by atoms with Crippen LogP contribution in [0.1, 0.15) is 24.2 Å². The van der Waals surface area contributed by atoms with E-state index >= 15 is 0 Å². The van der Waals surface area contributed by atoms with Crippen LogP contribution < -0.4 is 10.9 Å². The van der Waals surface area contributed by atoms with Gasteiger partial charge in [-0.1, -0.05) is 0 Å². The second kappa shape index (κ2) is 6.64. The van der Waals surface area contributed by atoms with Crippen LogP contribution in [0.15, 0.2) is 53.7 Å². The molecule has 0 aromatic carbocycles. The van der Waals surface area contributed by atoms with Crippen molar-refractivity contribution in [2.75, 3.05) is 5.32 Å². The molecule has 27 heavy (non-hydrogen) atoms. The maximum Gasteiger partial charge on any atom is 0.257 e. The lowest BCUT2D eigenvalue weighted by molar-refractivity contribution is 0.617. The smallest absolute Gasteiger partial charge is 0.257 e. The summed E-state index contributed by atoms with van der Waals surface area (Å²) in [5.41, 5.74) is 3.16. The molecule has 0 bridgehead atoms. The van der Waals surface area contributed by atoms with Gasteiger partial charge in [0, 0.05) is 6.20 Å². The van der Waals surface area contributed by atoms with Crippen molar-refractivity contribution in [3.8, 4) is 11.3 Å². The summed E-state index contributed by atoms with van der Waals surface area (Å²) in [7, 11) is 0. The van der Waals surface area contributed by atoms with E-state index in [-0.39, 0.29) is 17.4 Å². The number of pyridine rings is 2. The summed E-state index contributed by atoms with van der Waals surface area (Å²) in [4.78, 5) is 23.3. The first kappa shape index (κ1) is 16.9. The third kappa shape index (κ3) is 3.29. The molecule has 7 nitrogen and oxygen atoms in total. The summed E-state index contributed by atoms with van der Waals surface area (Å²) in [6.45, 7) is 3.81. The second-order valence-electron chi connectivity index (χ2n) is 6.32. The monoisotopic (exact) mass is 364 g/mol. The number of rotatable bonds is 4. The number of halogens is 1. The van der Waals surface area contributed by atoms with Crippen molar-refractivity contribution in [2.45, 2.75) is 19.9 Å². The fourth-order valence-electron chi connectivity index (χ4n) is 2.86. The van der Waals surface area contributed by atoms with E-state index in [0.29, 0.717) is 28.4 Å². The Balaban J connectivity index is 1.70. The topological polar surface area (TPSA) is 88.0 Å². The highest BCUT2D eigenvalue weighted by molar-refractivity contribution is 5.63. The number of nitrogens with zero attached hydrogens (tertiary/aromatic N) is 4. The number of nitrogens with one attached hydrogen (secondary N) is 2. The average molecular weight is 364 g/mol. The number of hydrogen-bond donors (Lipinski definition) is 2. The fraction of sp³-hybridized carbons (Fsp3) is 0.158. The van der Waals surface area contributed by atoms with Crippen molar-refractivity contribution in [2.24, 2.45) is 0 Å². The minimum absolute atomic E-state index is 0.176. The molecule has 1 atom stereocenters. The van der Waals surface area contributed by atoms with E-state index in [1.165, 1.54) is 12.3 Å². The molecular formula is C19H17FN6O. The molecule has 2 N–H and O–H groups in total. The molecule has 4 aromatic rings. The number of H-pyrrole nitrogens is 1. The van der Waals surface area contributed by atoms with Gasteiger partial charge in [-0.05, 0) is 49.7 Å². The highest BCUT2D eigenvalue weighted by Gasteiger charge is 2.13. The van der Waals surface area contributed by atoms with Gasteiger partial charge in [-0.25, -0.2) is 13.9 Å². The lowest BCUT2D eigenvalue weighted by Crippen LogP contribution is -2.12. The third-order valence-electron chi connectivity index (χ3n) is 4.24. The molecule has 1 unspecified atom stereocenters. The molecule has 136 valence electrons. The number of aromatic amines is 1. The van der Waals surface area contributed by atoms with E-state index in [1.54, 1.807) is 35.1 Å². The quantitative estimate of drug-likeness (QED) is 0.581. The molecule has 0 saturated carbocycles. The van der Waals surface area contributed by atoms with Crippen molar-refractivity contribution in [1.29, 1.82) is 0 Å². The predicted octanol–water partition coefficient (Wildman–Crippen LogP) is 3.10. The summed E-state index contributed by atoms with van der Waals surface area (Å²) in [6.07, 6.45) is 4.47. The zero-order chi connectivity index (χ0) is 19.0. The summed E-state index contributed by atoms with van der Waals surface area (Å²) in [5, 5.41) is 7.79. The van der Waals surface area contributed by atoms with Crippen LogP contribution in [0, 0.1) is 12.7 Å². The second-order valence-corrected chi connectivity index (χ2v) is 6.32. The molecule has 4 heterocycles. The number of aryl methyl sites for hydroxylation is 1. The van der Waals surface area contributed by atoms with Gasteiger partial charge in [0.1, 0.15) is 11.6 Å². The molecule has 0 spiro atoms. The summed E-state index contributed by atoms with van der Waals surface area (Å²) >= 11 is 0. The summed E-state index contributed by atoms with van der Waals surface area (Å²) < 4.78 is 14.7. The molecule has 4 rings (SSSR count). The first-order valence-corrected chi connectivity index (χ1v) is 8.44. The Morgan fingerprint density at radius 3 is 2.81 bits per heavy atom. The van der Waals surface area contributed by atoms with E-state index in [1.807, 2.05) is 19.9 Å². The lowest BCUT2D eigenvalue weighted by Gasteiger charge is -2.14. The number of hydrogen-bond acceptors (Lipinski definition) is 5. The van der Waals surface area contributed by atoms with Crippen LogP contribution in [0.25, 0.3) is 16.9 Å². The van der Waals surface area contributed by atoms with Crippen molar-refractivity contribution in [3.63, 3.8) is 0 Å². The molecule has 0 aliphatic carbocycles. The van der Waals surface area contributed by atoms with Crippen LogP contribution in [0.5, 0.6) is 0 Å². The molecule has 0 fully saturated rings. The van der Waals surface area contributed by atoms with Crippen LogP contribution >= 0.6 is 0 Å². The van der Waals surface area contributed by atoms with Gasteiger partial charge in [0.25, 0.3) is 5.56 Å². The molecule has 0 aliphatic heterocycles. The summed E-state index contributed by atoms with van der Waals surface area (Å²) in [5.74, 6) is 0.210. The van der Waals surface area contributed by atoms with Crippen LogP contribution in [-0.4, -0.2) is 24.6 Å². The van der Waals surface area contributed by atoms with Crippen molar-refractivity contribution in [3.05, 3.63) is 76.4 Å². The van der Waals surface area contributed by atoms with Gasteiger partial charge in [0.05, 0.1) is 35.4 Å². The van der Waals surface area contributed by atoms with Gasteiger partial charge in [0.2, 0.25) is 0 Å². The van der Waals surface area contributed by atoms with E-state index < -0.39 is 0 Å². The Morgan fingerprint density at radius 1 is 1.19 bits per heavy atom. The molecule has 0 aliphatic rings. The highest BCUT2D eigenvalue weighted by Crippen LogP contribution is 2.20. The van der Waals surface area contributed by atoms with Gasteiger partial charge < -0.3 is 10.3 Å². The van der Waals surface area contributed by atoms with Gasteiger partial charge in [0.15, 0.2) is 5.65 Å². The maximum atomic E-state index is 13.0. The standard InChI is InChI=1S/C19H17FN6O/c1-11-7-14(19(27)23-8-11)16-10-22-18-6-5-17(25-26(16)18)24-12(2)15-4-3-13(20)9-21-15/h3-10,12H,1-2H3,(H,23,27)(H,24,25). The minimum Gasteiger partial charge on any atom is -0.361 e. The molecular weight excluding hydrogens is 347 g/mol. The maximum absolute atomic E-state index is 13.0. The first-order valence-electron chi connectivity index (χ1n) is 8.44. The Hall–Kier alpha value is -3.55. The van der Waals surface area contributed by atoms with Crippen LogP contribution in [0.2, 0.25) is 0 Å². The van der Waals surface area contributed by atoms with Crippen molar-refractivity contribution >= 4 is 11.5 Å². The minimum atomic E-state index is -0.378. The molecule has 0 radical (unpaired) electrons.